The summed E-state index contributed by atoms with van der Waals surface area (Å²) in [6.07, 6.45) is 9.35. The Labute approximate surface area is 170 Å². The van der Waals surface area contributed by atoms with Crippen molar-refractivity contribution in [2.24, 2.45) is 0 Å². The van der Waals surface area contributed by atoms with Crippen LogP contribution in [0, 0.1) is 0 Å². The van der Waals surface area contributed by atoms with Crippen molar-refractivity contribution in [3.63, 3.8) is 0 Å². The van der Waals surface area contributed by atoms with E-state index in [4.69, 9.17) is 9.97 Å². The van der Waals surface area contributed by atoms with Gasteiger partial charge in [-0.25, -0.2) is 29.3 Å². The lowest BCUT2D eigenvalue weighted by Crippen LogP contribution is -2.10. The van der Waals surface area contributed by atoms with Crippen LogP contribution in [-0.4, -0.2) is 39.5 Å². The third-order valence-corrected chi connectivity index (χ3v) is 5.47. The predicted octanol–water partition coefficient (Wildman–Crippen LogP) is 4.25. The number of hydrogen-bond donors (Lipinski definition) is 0. The summed E-state index contributed by atoms with van der Waals surface area (Å²) < 4.78 is 3.92. The van der Waals surface area contributed by atoms with E-state index in [1.165, 1.54) is 0 Å². The van der Waals surface area contributed by atoms with Crippen molar-refractivity contribution in [2.45, 2.75) is 71.9 Å². The Morgan fingerprint density at radius 1 is 0.862 bits per heavy atom. The highest BCUT2D eigenvalue weighted by molar-refractivity contribution is 5.73. The third kappa shape index (κ3) is 3.71. The van der Waals surface area contributed by atoms with Gasteiger partial charge in [0.25, 0.3) is 0 Å². The monoisotopic (exact) mass is 392 g/mol. The molecule has 0 radical (unpaired) electrons. The van der Waals surface area contributed by atoms with Crippen molar-refractivity contribution in [2.75, 3.05) is 0 Å². The number of aryl methyl sites for hydroxylation is 1. The molecule has 152 valence electrons. The molecule has 0 N–H and O–H groups in total. The van der Waals surface area contributed by atoms with Gasteiger partial charge >= 0.3 is 0 Å². The maximum Gasteiger partial charge on any atom is 0.177 e. The molecule has 0 aliphatic carbocycles. The summed E-state index contributed by atoms with van der Waals surface area (Å²) in [6.45, 7) is 11.5. The second-order valence-corrected chi connectivity index (χ2v) is 8.04. The highest BCUT2D eigenvalue weighted by Gasteiger charge is 2.17. The van der Waals surface area contributed by atoms with Gasteiger partial charge in [-0.15, -0.1) is 0 Å². The summed E-state index contributed by atoms with van der Waals surface area (Å²) in [7, 11) is 0. The van der Waals surface area contributed by atoms with E-state index in [-0.39, 0.29) is 6.04 Å². The molecule has 4 aromatic rings. The molecular weight excluding hydrogens is 364 g/mol. The Balaban J connectivity index is 1.50. The molecule has 2 atom stereocenters. The Hall–Kier alpha value is -2.90. The van der Waals surface area contributed by atoms with Gasteiger partial charge in [0.15, 0.2) is 11.3 Å². The molecular formula is C21H28N8. The van der Waals surface area contributed by atoms with E-state index in [1.54, 1.807) is 6.20 Å². The van der Waals surface area contributed by atoms with Gasteiger partial charge in [-0.3, -0.25) is 0 Å². The summed E-state index contributed by atoms with van der Waals surface area (Å²) in [5.41, 5.74) is 3.63. The van der Waals surface area contributed by atoms with E-state index in [0.717, 1.165) is 53.1 Å². The van der Waals surface area contributed by atoms with Crippen molar-refractivity contribution in [3.8, 4) is 0 Å². The Morgan fingerprint density at radius 3 is 2.45 bits per heavy atom. The highest BCUT2D eigenvalue weighted by Crippen LogP contribution is 2.26. The van der Waals surface area contributed by atoms with Gasteiger partial charge in [0, 0.05) is 30.8 Å². The first-order valence-corrected chi connectivity index (χ1v) is 10.4. The van der Waals surface area contributed by atoms with Crippen LogP contribution in [0.5, 0.6) is 0 Å². The largest absolute Gasteiger partial charge is 0.249 e. The van der Waals surface area contributed by atoms with E-state index < -0.39 is 0 Å². The first-order chi connectivity index (χ1) is 14.0. The van der Waals surface area contributed by atoms with E-state index in [9.17, 15) is 0 Å². The third-order valence-electron chi connectivity index (χ3n) is 5.47. The molecule has 0 aromatic carbocycles. The fourth-order valence-corrected chi connectivity index (χ4v) is 3.54. The summed E-state index contributed by atoms with van der Waals surface area (Å²) in [4.78, 5) is 18.5. The second kappa shape index (κ2) is 7.85. The molecule has 2 unspecified atom stereocenters. The summed E-state index contributed by atoms with van der Waals surface area (Å²) in [5.74, 6) is 1.45. The van der Waals surface area contributed by atoms with Crippen LogP contribution in [0.3, 0.4) is 0 Å². The molecule has 0 saturated carbocycles. The van der Waals surface area contributed by atoms with Crippen LogP contribution < -0.4 is 0 Å². The quantitative estimate of drug-likeness (QED) is 0.467. The van der Waals surface area contributed by atoms with Gasteiger partial charge in [-0.2, -0.15) is 10.2 Å². The van der Waals surface area contributed by atoms with Crippen LogP contribution in [0.25, 0.3) is 22.2 Å². The molecule has 29 heavy (non-hydrogen) atoms. The zero-order chi connectivity index (χ0) is 20.5. The molecule has 4 aromatic heterocycles. The van der Waals surface area contributed by atoms with Gasteiger partial charge in [-0.1, -0.05) is 20.8 Å². The van der Waals surface area contributed by atoms with Crippen LogP contribution in [-0.2, 0) is 6.54 Å². The average Bonchev–Trinajstić information content (AvgIpc) is 3.34. The zero-order valence-corrected chi connectivity index (χ0v) is 17.7. The van der Waals surface area contributed by atoms with Crippen molar-refractivity contribution < 1.29 is 0 Å². The molecule has 0 fully saturated rings. The van der Waals surface area contributed by atoms with Gasteiger partial charge in [0.1, 0.15) is 11.3 Å². The summed E-state index contributed by atoms with van der Waals surface area (Å²) in [5, 5.41) is 9.90. The summed E-state index contributed by atoms with van der Waals surface area (Å²) in [6, 6.07) is 0.239. The molecule has 8 heteroatoms. The Bertz CT molecular complexity index is 1130. The normalized spacial score (nSPS) is 14.1. The molecule has 4 rings (SSSR count). The topological polar surface area (TPSA) is 87.2 Å². The number of hydrogen-bond acceptors (Lipinski definition) is 6. The molecule has 4 heterocycles. The smallest absolute Gasteiger partial charge is 0.177 e. The number of nitrogens with zero attached hydrogens (tertiary/aromatic N) is 8. The van der Waals surface area contributed by atoms with Crippen LogP contribution in [0.1, 0.15) is 76.9 Å². The summed E-state index contributed by atoms with van der Waals surface area (Å²) >= 11 is 0. The van der Waals surface area contributed by atoms with Gasteiger partial charge in [0.2, 0.25) is 0 Å². The highest BCUT2D eigenvalue weighted by atomic mass is 15.3. The SMILES string of the molecule is CCn1ncc2ncc(C(C)CCC(C)n3ncc4cnc(C(C)C)nc43)nc21. The predicted molar refractivity (Wildman–Crippen MR) is 113 cm³/mol. The first-order valence-electron chi connectivity index (χ1n) is 10.4. The van der Waals surface area contributed by atoms with Crippen molar-refractivity contribution in [1.82, 2.24) is 39.5 Å². The minimum Gasteiger partial charge on any atom is -0.249 e. The lowest BCUT2D eigenvalue weighted by Gasteiger charge is -2.16. The van der Waals surface area contributed by atoms with E-state index >= 15 is 0 Å². The van der Waals surface area contributed by atoms with Crippen LogP contribution >= 0.6 is 0 Å². The maximum absolute atomic E-state index is 4.82. The molecule has 0 bridgehead atoms. The number of aromatic nitrogens is 8. The molecule has 0 spiro atoms. The van der Waals surface area contributed by atoms with Gasteiger partial charge in [-0.05, 0) is 26.7 Å². The van der Waals surface area contributed by atoms with Crippen LogP contribution in [0.2, 0.25) is 0 Å². The Morgan fingerprint density at radius 2 is 1.69 bits per heavy atom. The fourth-order valence-electron chi connectivity index (χ4n) is 3.54. The van der Waals surface area contributed by atoms with E-state index in [0.29, 0.717) is 11.8 Å². The van der Waals surface area contributed by atoms with Gasteiger partial charge < -0.3 is 0 Å². The van der Waals surface area contributed by atoms with Crippen molar-refractivity contribution in [3.05, 3.63) is 36.3 Å². The standard InChI is InChI=1S/C21H28N8/c1-6-28-21-18(12-24-28)22-11-17(26-21)14(4)7-8-15(5)29-20-16(10-25-29)9-23-19(27-20)13(2)3/h9-15H,6-8H2,1-5H3. The fraction of sp³-hybridized carbons (Fsp3) is 0.524. The molecule has 0 aliphatic rings. The lowest BCUT2D eigenvalue weighted by molar-refractivity contribution is 0.436. The molecule has 0 aliphatic heterocycles. The second-order valence-electron chi connectivity index (χ2n) is 8.04. The maximum atomic E-state index is 4.82. The van der Waals surface area contributed by atoms with Crippen LogP contribution in [0.4, 0.5) is 0 Å². The lowest BCUT2D eigenvalue weighted by atomic mass is 9.99. The number of fused-ring (bicyclic) bond motifs is 2. The van der Waals surface area contributed by atoms with E-state index in [2.05, 4.69) is 54.8 Å². The first kappa shape index (κ1) is 19.4. The zero-order valence-electron chi connectivity index (χ0n) is 17.7. The van der Waals surface area contributed by atoms with Crippen molar-refractivity contribution >= 4 is 22.2 Å². The number of rotatable bonds is 7. The van der Waals surface area contributed by atoms with Crippen molar-refractivity contribution in [1.29, 1.82) is 0 Å². The van der Waals surface area contributed by atoms with E-state index in [1.807, 2.05) is 28.0 Å². The molecule has 0 saturated heterocycles. The van der Waals surface area contributed by atoms with Crippen LogP contribution in [0.15, 0.2) is 24.8 Å². The molecule has 8 nitrogen and oxygen atoms in total. The minimum atomic E-state index is 0.239. The minimum absolute atomic E-state index is 0.239. The average molecular weight is 393 g/mol. The molecule has 0 amide bonds. The Kier molecular flexibility index (Phi) is 5.25. The van der Waals surface area contributed by atoms with Gasteiger partial charge in [0.05, 0.1) is 29.5 Å².